The van der Waals surface area contributed by atoms with E-state index in [0.29, 0.717) is 11.9 Å². The van der Waals surface area contributed by atoms with E-state index in [1.807, 2.05) is 6.92 Å². The molecule has 2 N–H and O–H groups in total. The Morgan fingerprint density at radius 3 is 2.67 bits per heavy atom. The van der Waals surface area contributed by atoms with Gasteiger partial charge >= 0.3 is 0 Å². The van der Waals surface area contributed by atoms with Gasteiger partial charge in [0.1, 0.15) is 0 Å². The first-order valence-electron chi connectivity index (χ1n) is 8.16. The minimum atomic E-state index is -0.0658. The van der Waals surface area contributed by atoms with Gasteiger partial charge in [-0.15, -0.1) is 0 Å². The summed E-state index contributed by atoms with van der Waals surface area (Å²) in [7, 11) is 0. The average Bonchev–Trinajstić information content (AvgIpc) is 2.98. The molecule has 0 bridgehead atoms. The van der Waals surface area contributed by atoms with E-state index >= 15 is 0 Å². The van der Waals surface area contributed by atoms with E-state index in [4.69, 9.17) is 0 Å². The van der Waals surface area contributed by atoms with Crippen LogP contribution in [0, 0.1) is 20.8 Å². The van der Waals surface area contributed by atoms with Crippen molar-refractivity contribution in [2.75, 3.05) is 5.32 Å². The molecule has 1 aliphatic rings. The van der Waals surface area contributed by atoms with Crippen molar-refractivity contribution in [2.45, 2.75) is 40.0 Å². The monoisotopic (exact) mass is 321 g/mol. The van der Waals surface area contributed by atoms with Gasteiger partial charge in [0.2, 0.25) is 11.9 Å². The van der Waals surface area contributed by atoms with Crippen molar-refractivity contribution in [3.05, 3.63) is 50.6 Å². The van der Waals surface area contributed by atoms with Gasteiger partial charge in [0.05, 0.1) is 16.9 Å². The van der Waals surface area contributed by atoms with E-state index in [1.165, 1.54) is 11.1 Å². The van der Waals surface area contributed by atoms with Gasteiger partial charge < -0.3 is 0 Å². The van der Waals surface area contributed by atoms with E-state index < -0.39 is 0 Å². The summed E-state index contributed by atoms with van der Waals surface area (Å²) in [6.07, 6.45) is 2.64. The quantitative estimate of drug-likeness (QED) is 0.758. The minimum Gasteiger partial charge on any atom is -0.294 e. The van der Waals surface area contributed by atoms with E-state index in [2.05, 4.69) is 51.2 Å². The standard InChI is InChI=1S/C18H19N5O/c1-9-7-13-11(3)19-17(21-15(13)8-10(9)2)23-18-20-14-6-4-5-12(14)16(24)22-18/h7-8H,4-6H2,1-3H3,(H2,19,20,21,22,23,24). The Morgan fingerprint density at radius 1 is 1.04 bits per heavy atom. The van der Waals surface area contributed by atoms with Crippen molar-refractivity contribution < 1.29 is 0 Å². The Kier molecular flexibility index (Phi) is 3.33. The maximum absolute atomic E-state index is 12.1. The van der Waals surface area contributed by atoms with E-state index in [9.17, 15) is 4.79 Å². The third-order valence-electron chi connectivity index (χ3n) is 4.67. The number of fused-ring (bicyclic) bond motifs is 2. The Bertz CT molecular complexity index is 1020. The molecule has 1 aromatic carbocycles. The average molecular weight is 321 g/mol. The van der Waals surface area contributed by atoms with Gasteiger partial charge in [-0.2, -0.15) is 0 Å². The summed E-state index contributed by atoms with van der Waals surface area (Å²) in [4.78, 5) is 28.5. The van der Waals surface area contributed by atoms with Crippen LogP contribution in [0.3, 0.4) is 0 Å². The second kappa shape index (κ2) is 5.40. The number of H-pyrrole nitrogens is 1. The molecule has 0 spiro atoms. The molecule has 0 saturated carbocycles. The second-order valence-corrected chi connectivity index (χ2v) is 6.40. The summed E-state index contributed by atoms with van der Waals surface area (Å²) < 4.78 is 0. The lowest BCUT2D eigenvalue weighted by Gasteiger charge is -2.10. The van der Waals surface area contributed by atoms with Gasteiger partial charge in [-0.3, -0.25) is 15.1 Å². The van der Waals surface area contributed by atoms with Crippen molar-refractivity contribution >= 4 is 22.8 Å². The SMILES string of the molecule is Cc1cc2nc(Nc3nc4c(c(=O)[nH]3)CCC4)nc(C)c2cc1C. The summed E-state index contributed by atoms with van der Waals surface area (Å²) >= 11 is 0. The van der Waals surface area contributed by atoms with Crippen LogP contribution < -0.4 is 10.9 Å². The van der Waals surface area contributed by atoms with Crippen LogP contribution in [-0.4, -0.2) is 19.9 Å². The van der Waals surface area contributed by atoms with Crippen molar-refractivity contribution in [3.63, 3.8) is 0 Å². The smallest absolute Gasteiger partial charge is 0.255 e. The molecule has 6 nitrogen and oxygen atoms in total. The predicted octanol–water partition coefficient (Wildman–Crippen LogP) is 2.87. The Balaban J connectivity index is 1.76. The predicted molar refractivity (Wildman–Crippen MR) is 93.9 cm³/mol. The van der Waals surface area contributed by atoms with Crippen LogP contribution >= 0.6 is 0 Å². The summed E-state index contributed by atoms with van der Waals surface area (Å²) in [6, 6.07) is 4.17. The summed E-state index contributed by atoms with van der Waals surface area (Å²) in [6.45, 7) is 6.11. The highest BCUT2D eigenvalue weighted by Gasteiger charge is 2.17. The Morgan fingerprint density at radius 2 is 1.83 bits per heavy atom. The molecule has 122 valence electrons. The third-order valence-corrected chi connectivity index (χ3v) is 4.67. The largest absolute Gasteiger partial charge is 0.294 e. The van der Waals surface area contributed by atoms with Gasteiger partial charge in [0.15, 0.2) is 0 Å². The molecule has 3 aromatic rings. The highest BCUT2D eigenvalue weighted by molar-refractivity contribution is 5.83. The first kappa shape index (κ1) is 14.8. The number of nitrogens with one attached hydrogen (secondary N) is 2. The fourth-order valence-electron chi connectivity index (χ4n) is 3.20. The number of aryl methyl sites for hydroxylation is 4. The number of aromatic nitrogens is 4. The lowest BCUT2D eigenvalue weighted by atomic mass is 10.1. The van der Waals surface area contributed by atoms with Gasteiger partial charge in [-0.25, -0.2) is 15.0 Å². The normalized spacial score (nSPS) is 13.3. The van der Waals surface area contributed by atoms with Gasteiger partial charge in [-0.1, -0.05) is 0 Å². The first-order valence-corrected chi connectivity index (χ1v) is 8.16. The number of anilines is 2. The minimum absolute atomic E-state index is 0.0658. The molecule has 0 radical (unpaired) electrons. The molecular formula is C18H19N5O. The summed E-state index contributed by atoms with van der Waals surface area (Å²) in [5, 5.41) is 4.09. The molecule has 0 amide bonds. The molecule has 1 aliphatic carbocycles. The fourth-order valence-corrected chi connectivity index (χ4v) is 3.20. The highest BCUT2D eigenvalue weighted by Crippen LogP contribution is 2.23. The van der Waals surface area contributed by atoms with Gasteiger partial charge in [-0.05, 0) is 63.3 Å². The van der Waals surface area contributed by atoms with Crippen molar-refractivity contribution in [2.24, 2.45) is 0 Å². The van der Waals surface area contributed by atoms with Gasteiger partial charge in [0.25, 0.3) is 5.56 Å². The summed E-state index contributed by atoms with van der Waals surface area (Å²) in [5.74, 6) is 0.854. The van der Waals surface area contributed by atoms with Crippen molar-refractivity contribution in [3.8, 4) is 0 Å². The number of benzene rings is 1. The Labute approximate surface area is 139 Å². The molecule has 0 saturated heterocycles. The second-order valence-electron chi connectivity index (χ2n) is 6.40. The number of rotatable bonds is 2. The molecule has 0 unspecified atom stereocenters. The van der Waals surface area contributed by atoms with Crippen molar-refractivity contribution in [1.82, 2.24) is 19.9 Å². The molecule has 0 fully saturated rings. The zero-order chi connectivity index (χ0) is 16.8. The molecule has 6 heteroatoms. The van der Waals surface area contributed by atoms with Crippen LogP contribution in [0.25, 0.3) is 10.9 Å². The van der Waals surface area contributed by atoms with Crippen LogP contribution in [-0.2, 0) is 12.8 Å². The summed E-state index contributed by atoms with van der Waals surface area (Å²) in [5.41, 5.74) is 5.82. The van der Waals surface area contributed by atoms with Crippen LogP contribution in [0.1, 0.15) is 34.5 Å². The molecule has 0 aliphatic heterocycles. The first-order chi connectivity index (χ1) is 11.5. The van der Waals surface area contributed by atoms with E-state index in [0.717, 1.165) is 47.1 Å². The molecule has 4 rings (SSSR count). The van der Waals surface area contributed by atoms with Crippen LogP contribution in [0.2, 0.25) is 0 Å². The van der Waals surface area contributed by atoms with E-state index in [-0.39, 0.29) is 5.56 Å². The van der Waals surface area contributed by atoms with Crippen LogP contribution in [0.5, 0.6) is 0 Å². The molecule has 2 aromatic heterocycles. The lowest BCUT2D eigenvalue weighted by molar-refractivity contribution is 0.899. The maximum Gasteiger partial charge on any atom is 0.255 e. The molecular weight excluding hydrogens is 302 g/mol. The number of hydrogen-bond donors (Lipinski definition) is 2. The van der Waals surface area contributed by atoms with Crippen LogP contribution in [0.15, 0.2) is 16.9 Å². The van der Waals surface area contributed by atoms with E-state index in [1.54, 1.807) is 0 Å². The zero-order valence-electron chi connectivity index (χ0n) is 14.0. The number of aromatic amines is 1. The fraction of sp³-hybridized carbons (Fsp3) is 0.333. The zero-order valence-corrected chi connectivity index (χ0v) is 14.0. The number of nitrogens with zero attached hydrogens (tertiary/aromatic N) is 3. The number of hydrogen-bond acceptors (Lipinski definition) is 5. The van der Waals surface area contributed by atoms with Crippen molar-refractivity contribution in [1.29, 1.82) is 0 Å². The van der Waals surface area contributed by atoms with Crippen LogP contribution in [0.4, 0.5) is 11.9 Å². The maximum atomic E-state index is 12.1. The lowest BCUT2D eigenvalue weighted by Crippen LogP contribution is -2.16. The Hall–Kier alpha value is -2.76. The molecule has 24 heavy (non-hydrogen) atoms. The molecule has 2 heterocycles. The third kappa shape index (κ3) is 2.44. The highest BCUT2D eigenvalue weighted by atomic mass is 16.1. The topological polar surface area (TPSA) is 83.6 Å². The molecule has 0 atom stereocenters. The van der Waals surface area contributed by atoms with Gasteiger partial charge in [0, 0.05) is 10.9 Å².